The van der Waals surface area contributed by atoms with Crippen LogP contribution in [0.3, 0.4) is 0 Å². The highest BCUT2D eigenvalue weighted by molar-refractivity contribution is 9.09. The molecule has 1 aromatic rings. The van der Waals surface area contributed by atoms with Crippen LogP contribution in [0.1, 0.15) is 6.92 Å². The first-order chi connectivity index (χ1) is 8.51. The number of halogens is 1. The number of urea groups is 1. The van der Waals surface area contributed by atoms with E-state index in [1.807, 2.05) is 0 Å². The molecular formula is C11H12BrN3O3. The van der Waals surface area contributed by atoms with Crippen molar-refractivity contribution in [3.63, 3.8) is 0 Å². The first-order valence-electron chi connectivity index (χ1n) is 5.05. The van der Waals surface area contributed by atoms with Crippen LogP contribution in [0.5, 0.6) is 0 Å². The lowest BCUT2D eigenvalue weighted by Crippen LogP contribution is -2.32. The van der Waals surface area contributed by atoms with Gasteiger partial charge in [-0.3, -0.25) is 14.9 Å². The van der Waals surface area contributed by atoms with E-state index in [4.69, 9.17) is 0 Å². The number of anilines is 2. The van der Waals surface area contributed by atoms with Crippen molar-refractivity contribution in [1.82, 2.24) is 5.32 Å². The summed E-state index contributed by atoms with van der Waals surface area (Å²) < 4.78 is 0. The Morgan fingerprint density at radius 2 is 1.78 bits per heavy atom. The zero-order valence-electron chi connectivity index (χ0n) is 9.62. The van der Waals surface area contributed by atoms with E-state index in [-0.39, 0.29) is 11.2 Å². The van der Waals surface area contributed by atoms with Crippen LogP contribution in [0.2, 0.25) is 0 Å². The minimum Gasteiger partial charge on any atom is -0.325 e. The van der Waals surface area contributed by atoms with Crippen LogP contribution in [0, 0.1) is 0 Å². The Kier molecular flexibility index (Phi) is 5.31. The average molecular weight is 314 g/mol. The Labute approximate surface area is 112 Å². The van der Waals surface area contributed by atoms with E-state index in [2.05, 4.69) is 31.9 Å². The SMILES string of the molecule is CC(=O)NC(=O)Nc1cccc(NC(=O)CBr)c1. The summed E-state index contributed by atoms with van der Waals surface area (Å²) in [5.41, 5.74) is 1.03. The van der Waals surface area contributed by atoms with Crippen LogP contribution in [0.4, 0.5) is 16.2 Å². The average Bonchev–Trinajstić information content (AvgIpc) is 2.28. The molecule has 0 atom stereocenters. The molecule has 0 saturated heterocycles. The van der Waals surface area contributed by atoms with Gasteiger partial charge in [0.1, 0.15) is 0 Å². The molecule has 0 radical (unpaired) electrons. The predicted molar refractivity (Wildman–Crippen MR) is 71.7 cm³/mol. The molecule has 3 N–H and O–H groups in total. The van der Waals surface area contributed by atoms with E-state index < -0.39 is 11.9 Å². The third-order valence-electron chi connectivity index (χ3n) is 1.82. The van der Waals surface area contributed by atoms with Crippen molar-refractivity contribution in [2.75, 3.05) is 16.0 Å². The van der Waals surface area contributed by atoms with Gasteiger partial charge in [-0.25, -0.2) is 4.79 Å². The lowest BCUT2D eigenvalue weighted by atomic mass is 10.3. The molecule has 0 saturated carbocycles. The van der Waals surface area contributed by atoms with E-state index in [1.165, 1.54) is 6.92 Å². The molecule has 0 bridgehead atoms. The minimum absolute atomic E-state index is 0.190. The highest BCUT2D eigenvalue weighted by Gasteiger charge is 2.05. The molecule has 1 aromatic carbocycles. The quantitative estimate of drug-likeness (QED) is 0.742. The van der Waals surface area contributed by atoms with Crippen molar-refractivity contribution in [3.05, 3.63) is 24.3 Å². The Balaban J connectivity index is 2.67. The fourth-order valence-electron chi connectivity index (χ4n) is 1.19. The van der Waals surface area contributed by atoms with Crippen LogP contribution in [0.15, 0.2) is 24.3 Å². The standard InChI is InChI=1S/C11H12BrN3O3/c1-7(16)13-11(18)15-9-4-2-3-8(5-9)14-10(17)6-12/h2-5H,6H2,1H3,(H,14,17)(H2,13,15,16,18). The fraction of sp³-hybridized carbons (Fsp3) is 0.182. The molecule has 0 fully saturated rings. The van der Waals surface area contributed by atoms with E-state index >= 15 is 0 Å². The van der Waals surface area contributed by atoms with Crippen LogP contribution >= 0.6 is 15.9 Å². The normalized spacial score (nSPS) is 9.44. The monoisotopic (exact) mass is 313 g/mol. The van der Waals surface area contributed by atoms with Crippen molar-refractivity contribution in [1.29, 1.82) is 0 Å². The molecule has 4 amide bonds. The van der Waals surface area contributed by atoms with E-state index in [0.717, 1.165) is 0 Å². The molecule has 0 aliphatic heterocycles. The molecular weight excluding hydrogens is 302 g/mol. The lowest BCUT2D eigenvalue weighted by Gasteiger charge is -2.08. The Morgan fingerprint density at radius 3 is 2.33 bits per heavy atom. The van der Waals surface area contributed by atoms with Gasteiger partial charge in [0.25, 0.3) is 0 Å². The summed E-state index contributed by atoms with van der Waals surface area (Å²) in [7, 11) is 0. The van der Waals surface area contributed by atoms with Gasteiger partial charge in [0.05, 0.1) is 5.33 Å². The summed E-state index contributed by atoms with van der Waals surface area (Å²) in [6.07, 6.45) is 0. The zero-order valence-corrected chi connectivity index (χ0v) is 11.2. The Bertz CT molecular complexity index is 476. The van der Waals surface area contributed by atoms with Crippen molar-refractivity contribution in [2.24, 2.45) is 0 Å². The van der Waals surface area contributed by atoms with Crippen molar-refractivity contribution in [2.45, 2.75) is 6.92 Å². The molecule has 0 aliphatic carbocycles. The molecule has 0 spiro atoms. The van der Waals surface area contributed by atoms with Crippen molar-refractivity contribution in [3.8, 4) is 0 Å². The molecule has 0 unspecified atom stereocenters. The van der Waals surface area contributed by atoms with Gasteiger partial charge in [-0.1, -0.05) is 22.0 Å². The number of rotatable bonds is 3. The summed E-state index contributed by atoms with van der Waals surface area (Å²) in [5, 5.41) is 7.36. The van der Waals surface area contributed by atoms with Gasteiger partial charge >= 0.3 is 6.03 Å². The third-order valence-corrected chi connectivity index (χ3v) is 2.32. The minimum atomic E-state index is -0.619. The van der Waals surface area contributed by atoms with Gasteiger partial charge in [0.15, 0.2) is 0 Å². The smallest absolute Gasteiger partial charge is 0.325 e. The lowest BCUT2D eigenvalue weighted by molar-refractivity contribution is -0.118. The van der Waals surface area contributed by atoms with Crippen molar-refractivity contribution < 1.29 is 14.4 Å². The molecule has 0 aliphatic rings. The van der Waals surface area contributed by atoms with Gasteiger partial charge < -0.3 is 10.6 Å². The molecule has 0 aromatic heterocycles. The first-order valence-corrected chi connectivity index (χ1v) is 6.18. The number of nitrogens with one attached hydrogen (secondary N) is 3. The number of benzene rings is 1. The van der Waals surface area contributed by atoms with E-state index in [0.29, 0.717) is 11.4 Å². The van der Waals surface area contributed by atoms with Crippen LogP contribution in [-0.2, 0) is 9.59 Å². The highest BCUT2D eigenvalue weighted by Crippen LogP contribution is 2.15. The third kappa shape index (κ3) is 4.96. The predicted octanol–water partition coefficient (Wildman–Crippen LogP) is 1.69. The van der Waals surface area contributed by atoms with E-state index in [9.17, 15) is 14.4 Å². The number of amides is 4. The Morgan fingerprint density at radius 1 is 1.17 bits per heavy atom. The first kappa shape index (κ1) is 14.2. The topological polar surface area (TPSA) is 87.3 Å². The number of carbonyl (C=O) groups is 3. The van der Waals surface area contributed by atoms with Crippen molar-refractivity contribution >= 4 is 45.2 Å². The van der Waals surface area contributed by atoms with Gasteiger partial charge in [-0.2, -0.15) is 0 Å². The number of hydrogen-bond acceptors (Lipinski definition) is 3. The van der Waals surface area contributed by atoms with Crippen LogP contribution < -0.4 is 16.0 Å². The molecule has 1 rings (SSSR count). The Hall–Kier alpha value is -1.89. The fourth-order valence-corrected chi connectivity index (χ4v) is 1.33. The molecule has 0 heterocycles. The maximum Gasteiger partial charge on any atom is 0.325 e. The number of alkyl halides is 1. The summed E-state index contributed by atoms with van der Waals surface area (Å²) in [4.78, 5) is 33.1. The van der Waals surface area contributed by atoms with Gasteiger partial charge in [-0.15, -0.1) is 0 Å². The molecule has 6 nitrogen and oxygen atoms in total. The van der Waals surface area contributed by atoms with E-state index in [1.54, 1.807) is 24.3 Å². The summed E-state index contributed by atoms with van der Waals surface area (Å²) in [6.45, 7) is 1.24. The maximum atomic E-state index is 11.3. The highest BCUT2D eigenvalue weighted by atomic mass is 79.9. The second kappa shape index (κ2) is 6.75. The number of hydrogen-bond donors (Lipinski definition) is 3. The summed E-state index contributed by atoms with van der Waals surface area (Å²) in [5.74, 6) is -0.642. The molecule has 7 heteroatoms. The summed E-state index contributed by atoms with van der Waals surface area (Å²) >= 11 is 3.03. The van der Waals surface area contributed by atoms with Crippen LogP contribution in [0.25, 0.3) is 0 Å². The maximum absolute atomic E-state index is 11.3. The van der Waals surface area contributed by atoms with Gasteiger partial charge in [0.2, 0.25) is 11.8 Å². The summed E-state index contributed by atoms with van der Waals surface area (Å²) in [6, 6.07) is 5.97. The molecule has 96 valence electrons. The largest absolute Gasteiger partial charge is 0.325 e. The number of imide groups is 1. The van der Waals surface area contributed by atoms with Gasteiger partial charge in [0, 0.05) is 18.3 Å². The second-order valence-corrected chi connectivity index (χ2v) is 3.96. The zero-order chi connectivity index (χ0) is 13.5. The second-order valence-electron chi connectivity index (χ2n) is 3.40. The number of carbonyl (C=O) groups excluding carboxylic acids is 3. The van der Waals surface area contributed by atoms with Gasteiger partial charge in [-0.05, 0) is 18.2 Å². The molecule has 18 heavy (non-hydrogen) atoms. The van der Waals surface area contributed by atoms with Crippen LogP contribution in [-0.4, -0.2) is 23.2 Å².